The molecule has 4 nitrogen and oxygen atoms in total. The molecule has 0 unspecified atom stereocenters. The highest BCUT2D eigenvalue weighted by molar-refractivity contribution is 7.91. The first-order valence-electron chi connectivity index (χ1n) is 5.98. The summed E-state index contributed by atoms with van der Waals surface area (Å²) in [7, 11) is -2.82. The Morgan fingerprint density at radius 2 is 2.00 bits per heavy atom. The molecule has 18 heavy (non-hydrogen) atoms. The number of hydrogen-bond donors (Lipinski definition) is 1. The molecule has 0 aliphatic carbocycles. The predicted octanol–water partition coefficient (Wildman–Crippen LogP) is 1.86. The van der Waals surface area contributed by atoms with Gasteiger partial charge in [0.1, 0.15) is 9.84 Å². The molecule has 0 radical (unpaired) electrons. The molecule has 5 heteroatoms. The molecule has 0 saturated carbocycles. The van der Waals surface area contributed by atoms with E-state index in [-0.39, 0.29) is 17.5 Å². The molecule has 1 aliphatic rings. The monoisotopic (exact) mass is 264 g/mol. The normalized spacial score (nSPS) is 19.1. The Kier molecular flexibility index (Phi) is 3.58. The van der Waals surface area contributed by atoms with Gasteiger partial charge in [-0.2, -0.15) is 5.26 Å². The van der Waals surface area contributed by atoms with Crippen molar-refractivity contribution in [2.75, 3.05) is 16.8 Å². The topological polar surface area (TPSA) is 70.0 Å². The van der Waals surface area contributed by atoms with Crippen LogP contribution in [0.2, 0.25) is 0 Å². The number of sulfone groups is 1. The molecule has 0 aromatic heterocycles. The van der Waals surface area contributed by atoms with Crippen molar-refractivity contribution in [1.82, 2.24) is 0 Å². The molecule has 1 fully saturated rings. The standard InChI is InChI=1S/C13H16N2O2S/c1-10-2-3-11(9-14)8-13(10)15-12-4-6-18(16,17)7-5-12/h2-3,8,12,15H,4-7H2,1H3. The van der Waals surface area contributed by atoms with E-state index in [0.29, 0.717) is 18.4 Å². The number of nitrogens with one attached hydrogen (secondary N) is 1. The quantitative estimate of drug-likeness (QED) is 0.885. The van der Waals surface area contributed by atoms with Gasteiger partial charge in [-0.15, -0.1) is 0 Å². The van der Waals surface area contributed by atoms with E-state index in [0.717, 1.165) is 11.3 Å². The lowest BCUT2D eigenvalue weighted by Crippen LogP contribution is -2.32. The van der Waals surface area contributed by atoms with Crippen LogP contribution in [0.1, 0.15) is 24.0 Å². The van der Waals surface area contributed by atoms with Gasteiger partial charge in [-0.05, 0) is 37.5 Å². The van der Waals surface area contributed by atoms with Crippen LogP contribution >= 0.6 is 0 Å². The molecular formula is C13H16N2O2S. The third kappa shape index (κ3) is 3.02. The average Bonchev–Trinajstić information content (AvgIpc) is 2.34. The van der Waals surface area contributed by atoms with Crippen LogP contribution in [0.3, 0.4) is 0 Å². The molecular weight excluding hydrogens is 248 g/mol. The van der Waals surface area contributed by atoms with Gasteiger partial charge in [0.05, 0.1) is 23.1 Å². The Bertz CT molecular complexity index is 573. The molecule has 0 bridgehead atoms. The maximum atomic E-state index is 11.3. The van der Waals surface area contributed by atoms with Crippen LogP contribution in [-0.4, -0.2) is 26.0 Å². The highest BCUT2D eigenvalue weighted by Crippen LogP contribution is 2.21. The van der Waals surface area contributed by atoms with Crippen molar-refractivity contribution in [3.63, 3.8) is 0 Å². The smallest absolute Gasteiger partial charge is 0.150 e. The maximum Gasteiger partial charge on any atom is 0.150 e. The Morgan fingerprint density at radius 3 is 2.61 bits per heavy atom. The summed E-state index contributed by atoms with van der Waals surface area (Å²) in [6.45, 7) is 1.98. The van der Waals surface area contributed by atoms with E-state index in [1.807, 2.05) is 19.1 Å². The molecule has 1 heterocycles. The highest BCUT2D eigenvalue weighted by atomic mass is 32.2. The summed E-state index contributed by atoms with van der Waals surface area (Å²) in [5.74, 6) is 0.503. The van der Waals surface area contributed by atoms with Crippen molar-refractivity contribution in [3.05, 3.63) is 29.3 Å². The summed E-state index contributed by atoms with van der Waals surface area (Å²) < 4.78 is 22.7. The van der Waals surface area contributed by atoms with E-state index in [9.17, 15) is 8.42 Å². The molecule has 2 rings (SSSR count). The van der Waals surface area contributed by atoms with Crippen LogP contribution in [0.4, 0.5) is 5.69 Å². The zero-order chi connectivity index (χ0) is 13.2. The molecule has 1 aromatic rings. The lowest BCUT2D eigenvalue weighted by Gasteiger charge is -2.25. The van der Waals surface area contributed by atoms with E-state index in [1.54, 1.807) is 6.07 Å². The zero-order valence-electron chi connectivity index (χ0n) is 10.3. The largest absolute Gasteiger partial charge is 0.382 e. The second-order valence-electron chi connectivity index (χ2n) is 4.71. The van der Waals surface area contributed by atoms with Crippen LogP contribution in [0.5, 0.6) is 0 Å². The Balaban J connectivity index is 2.09. The second kappa shape index (κ2) is 4.99. The summed E-state index contributed by atoms with van der Waals surface area (Å²) in [6, 6.07) is 7.80. The first-order valence-corrected chi connectivity index (χ1v) is 7.80. The lowest BCUT2D eigenvalue weighted by molar-refractivity contribution is 0.559. The van der Waals surface area contributed by atoms with E-state index < -0.39 is 9.84 Å². The molecule has 1 aliphatic heterocycles. The van der Waals surface area contributed by atoms with Crippen molar-refractivity contribution in [1.29, 1.82) is 5.26 Å². The first-order chi connectivity index (χ1) is 8.50. The molecule has 1 aromatic carbocycles. The maximum absolute atomic E-state index is 11.3. The number of nitriles is 1. The van der Waals surface area contributed by atoms with Crippen LogP contribution < -0.4 is 5.32 Å². The fourth-order valence-corrected chi connectivity index (χ4v) is 3.59. The average molecular weight is 264 g/mol. The number of anilines is 1. The van der Waals surface area contributed by atoms with Crippen molar-refractivity contribution in [2.24, 2.45) is 0 Å². The van der Waals surface area contributed by atoms with E-state index in [2.05, 4.69) is 11.4 Å². The Morgan fingerprint density at radius 1 is 1.33 bits per heavy atom. The predicted molar refractivity (Wildman–Crippen MR) is 71.2 cm³/mol. The van der Waals surface area contributed by atoms with Gasteiger partial charge in [0, 0.05) is 11.7 Å². The fourth-order valence-electron chi connectivity index (χ4n) is 2.10. The third-order valence-electron chi connectivity index (χ3n) is 3.28. The summed E-state index contributed by atoms with van der Waals surface area (Å²) in [4.78, 5) is 0. The minimum atomic E-state index is -2.82. The molecule has 0 atom stereocenters. The minimum Gasteiger partial charge on any atom is -0.382 e. The fraction of sp³-hybridized carbons (Fsp3) is 0.462. The number of nitrogens with zero attached hydrogens (tertiary/aromatic N) is 1. The third-order valence-corrected chi connectivity index (χ3v) is 5.00. The second-order valence-corrected chi connectivity index (χ2v) is 7.02. The van der Waals surface area contributed by atoms with Crippen molar-refractivity contribution >= 4 is 15.5 Å². The zero-order valence-corrected chi connectivity index (χ0v) is 11.1. The lowest BCUT2D eigenvalue weighted by atomic mass is 10.1. The molecule has 0 spiro atoms. The molecule has 1 N–H and O–H groups in total. The molecule has 0 amide bonds. The van der Waals surface area contributed by atoms with Crippen LogP contribution in [0.15, 0.2) is 18.2 Å². The van der Waals surface area contributed by atoms with Crippen LogP contribution in [-0.2, 0) is 9.84 Å². The van der Waals surface area contributed by atoms with Gasteiger partial charge < -0.3 is 5.32 Å². The summed E-state index contributed by atoms with van der Waals surface area (Å²) in [5, 5.41) is 12.2. The number of aryl methyl sites for hydroxylation is 1. The summed E-state index contributed by atoms with van der Waals surface area (Å²) >= 11 is 0. The van der Waals surface area contributed by atoms with E-state index in [1.165, 1.54) is 0 Å². The SMILES string of the molecule is Cc1ccc(C#N)cc1NC1CCS(=O)(=O)CC1. The molecule has 96 valence electrons. The van der Waals surface area contributed by atoms with Gasteiger partial charge in [0.2, 0.25) is 0 Å². The van der Waals surface area contributed by atoms with Crippen molar-refractivity contribution in [3.8, 4) is 6.07 Å². The summed E-state index contributed by atoms with van der Waals surface area (Å²) in [6.07, 6.45) is 1.27. The van der Waals surface area contributed by atoms with Gasteiger partial charge in [-0.1, -0.05) is 6.07 Å². The van der Waals surface area contributed by atoms with Crippen molar-refractivity contribution < 1.29 is 8.42 Å². The van der Waals surface area contributed by atoms with Crippen LogP contribution in [0, 0.1) is 18.3 Å². The van der Waals surface area contributed by atoms with Gasteiger partial charge in [-0.3, -0.25) is 0 Å². The van der Waals surface area contributed by atoms with E-state index >= 15 is 0 Å². The number of benzene rings is 1. The van der Waals surface area contributed by atoms with Gasteiger partial charge >= 0.3 is 0 Å². The van der Waals surface area contributed by atoms with Gasteiger partial charge in [0.15, 0.2) is 0 Å². The van der Waals surface area contributed by atoms with Crippen LogP contribution in [0.25, 0.3) is 0 Å². The number of hydrogen-bond acceptors (Lipinski definition) is 4. The Hall–Kier alpha value is -1.54. The van der Waals surface area contributed by atoms with Crippen molar-refractivity contribution in [2.45, 2.75) is 25.8 Å². The number of rotatable bonds is 2. The highest BCUT2D eigenvalue weighted by Gasteiger charge is 2.23. The Labute approximate surface area is 108 Å². The first kappa shape index (κ1) is 12.9. The van der Waals surface area contributed by atoms with E-state index in [4.69, 9.17) is 5.26 Å². The molecule has 1 saturated heterocycles. The van der Waals surface area contributed by atoms with Gasteiger partial charge in [-0.25, -0.2) is 8.42 Å². The summed E-state index contributed by atoms with van der Waals surface area (Å²) in [5.41, 5.74) is 2.62. The van der Waals surface area contributed by atoms with Gasteiger partial charge in [0.25, 0.3) is 0 Å². The minimum absolute atomic E-state index is 0.182.